The second-order valence-corrected chi connectivity index (χ2v) is 6.59. The minimum atomic E-state index is -0.546. The molecule has 7 nitrogen and oxygen atoms in total. The average molecular weight is 371 g/mol. The highest BCUT2D eigenvalue weighted by Gasteiger charge is 2.40. The van der Waals surface area contributed by atoms with Gasteiger partial charge >= 0.3 is 0 Å². The molecule has 2 aromatic rings. The molecule has 0 saturated heterocycles. The maximum atomic E-state index is 12.6. The lowest BCUT2D eigenvalue weighted by Gasteiger charge is -2.25. The summed E-state index contributed by atoms with van der Waals surface area (Å²) in [5.41, 5.74) is 0.306. The number of hydrogen-bond donors (Lipinski definition) is 1. The molecule has 27 heavy (non-hydrogen) atoms. The Labute approximate surface area is 158 Å². The number of amides is 1. The van der Waals surface area contributed by atoms with Crippen LogP contribution in [0.5, 0.6) is 11.5 Å². The molecule has 0 radical (unpaired) electrons. The summed E-state index contributed by atoms with van der Waals surface area (Å²) >= 11 is 0. The van der Waals surface area contributed by atoms with Gasteiger partial charge in [-0.05, 0) is 43.5 Å². The predicted octanol–water partition coefficient (Wildman–Crippen LogP) is 3.38. The molecule has 3 rings (SSSR count). The summed E-state index contributed by atoms with van der Waals surface area (Å²) in [5.74, 6) is 2.19. The monoisotopic (exact) mass is 371 g/mol. The Hall–Kier alpha value is -2.83. The van der Waals surface area contributed by atoms with Crippen molar-refractivity contribution in [2.45, 2.75) is 45.1 Å². The van der Waals surface area contributed by atoms with E-state index in [0.29, 0.717) is 29.8 Å². The summed E-state index contributed by atoms with van der Waals surface area (Å²) in [5, 5.41) is 7.13. The zero-order valence-electron chi connectivity index (χ0n) is 15.9. The standard InChI is InChI=1S/C20H25N3O4/c1-4-26-17-13-15(7-9-16(17)25-3)8-10-18(24)22-20(11-5-6-12-20)19-21-14(2)27-23-19/h7-10,13H,4-6,11-12H2,1-3H3,(H,22,24)/b10-8+. The highest BCUT2D eigenvalue weighted by Crippen LogP contribution is 2.37. The number of methoxy groups -OCH3 is 1. The highest BCUT2D eigenvalue weighted by atomic mass is 16.5. The summed E-state index contributed by atoms with van der Waals surface area (Å²) in [7, 11) is 1.60. The predicted molar refractivity (Wildman–Crippen MR) is 101 cm³/mol. The van der Waals surface area contributed by atoms with Crippen LogP contribution in [0, 0.1) is 6.92 Å². The Morgan fingerprint density at radius 1 is 1.33 bits per heavy atom. The molecular formula is C20H25N3O4. The summed E-state index contributed by atoms with van der Waals surface area (Å²) < 4.78 is 16.0. The molecule has 0 atom stereocenters. The third-order valence-electron chi connectivity index (χ3n) is 4.69. The first kappa shape index (κ1) is 18.9. The van der Waals surface area contributed by atoms with Gasteiger partial charge < -0.3 is 19.3 Å². The van der Waals surface area contributed by atoms with Crippen molar-refractivity contribution in [1.29, 1.82) is 0 Å². The molecule has 0 spiro atoms. The Morgan fingerprint density at radius 2 is 2.11 bits per heavy atom. The summed E-state index contributed by atoms with van der Waals surface area (Å²) in [6, 6.07) is 5.54. The van der Waals surface area contributed by atoms with Gasteiger partial charge in [-0.2, -0.15) is 4.98 Å². The Kier molecular flexibility index (Phi) is 5.78. The molecule has 1 aromatic carbocycles. The van der Waals surface area contributed by atoms with Crippen molar-refractivity contribution >= 4 is 12.0 Å². The molecule has 0 unspecified atom stereocenters. The van der Waals surface area contributed by atoms with Crippen molar-refractivity contribution in [3.05, 3.63) is 41.6 Å². The van der Waals surface area contributed by atoms with Crippen molar-refractivity contribution in [3.63, 3.8) is 0 Å². The lowest BCUT2D eigenvalue weighted by molar-refractivity contribution is -0.118. The molecule has 1 aromatic heterocycles. The molecule has 1 heterocycles. The number of carbonyl (C=O) groups is 1. The number of benzene rings is 1. The zero-order valence-corrected chi connectivity index (χ0v) is 15.9. The smallest absolute Gasteiger partial charge is 0.244 e. The first-order chi connectivity index (χ1) is 13.1. The summed E-state index contributed by atoms with van der Waals surface area (Å²) in [6.07, 6.45) is 6.93. The molecule has 1 N–H and O–H groups in total. The lowest BCUT2D eigenvalue weighted by atomic mass is 9.96. The molecular weight excluding hydrogens is 346 g/mol. The number of nitrogens with zero attached hydrogens (tertiary/aromatic N) is 2. The van der Waals surface area contributed by atoms with E-state index >= 15 is 0 Å². The van der Waals surface area contributed by atoms with E-state index in [2.05, 4.69) is 15.5 Å². The molecule has 1 saturated carbocycles. The van der Waals surface area contributed by atoms with Gasteiger partial charge in [0.1, 0.15) is 5.54 Å². The maximum absolute atomic E-state index is 12.6. The number of aryl methyl sites for hydroxylation is 1. The quantitative estimate of drug-likeness (QED) is 0.751. The van der Waals surface area contributed by atoms with E-state index in [1.54, 1.807) is 20.1 Å². The SMILES string of the molecule is CCOc1cc(/C=C/C(=O)NC2(c3noc(C)n3)CCCC2)ccc1OC. The fourth-order valence-electron chi connectivity index (χ4n) is 3.39. The normalized spacial score (nSPS) is 15.8. The van der Waals surface area contributed by atoms with E-state index in [4.69, 9.17) is 14.0 Å². The van der Waals surface area contributed by atoms with Crippen LogP contribution in [0.15, 0.2) is 28.8 Å². The van der Waals surface area contributed by atoms with Crippen LogP contribution in [0.2, 0.25) is 0 Å². The van der Waals surface area contributed by atoms with Crippen molar-refractivity contribution in [2.24, 2.45) is 0 Å². The van der Waals surface area contributed by atoms with Crippen LogP contribution < -0.4 is 14.8 Å². The van der Waals surface area contributed by atoms with Crippen LogP contribution in [0.25, 0.3) is 6.08 Å². The van der Waals surface area contributed by atoms with Gasteiger partial charge in [-0.1, -0.05) is 24.1 Å². The first-order valence-corrected chi connectivity index (χ1v) is 9.18. The largest absolute Gasteiger partial charge is 0.493 e. The van der Waals surface area contributed by atoms with Gasteiger partial charge in [-0.3, -0.25) is 4.79 Å². The number of rotatable bonds is 7. The van der Waals surface area contributed by atoms with E-state index < -0.39 is 5.54 Å². The van der Waals surface area contributed by atoms with Crippen molar-refractivity contribution < 1.29 is 18.8 Å². The van der Waals surface area contributed by atoms with Crippen LogP contribution in [-0.2, 0) is 10.3 Å². The van der Waals surface area contributed by atoms with E-state index in [-0.39, 0.29) is 5.91 Å². The molecule has 1 aliphatic rings. The van der Waals surface area contributed by atoms with Crippen molar-refractivity contribution in [3.8, 4) is 11.5 Å². The van der Waals surface area contributed by atoms with E-state index in [0.717, 1.165) is 31.2 Å². The number of aromatic nitrogens is 2. The molecule has 1 aliphatic carbocycles. The summed E-state index contributed by atoms with van der Waals surface area (Å²) in [4.78, 5) is 16.9. The van der Waals surface area contributed by atoms with E-state index in [9.17, 15) is 4.79 Å². The average Bonchev–Trinajstić information content (AvgIpc) is 3.30. The maximum Gasteiger partial charge on any atom is 0.244 e. The fraction of sp³-hybridized carbons (Fsp3) is 0.450. The van der Waals surface area contributed by atoms with Gasteiger partial charge in [0.25, 0.3) is 0 Å². The van der Waals surface area contributed by atoms with Gasteiger partial charge in [0, 0.05) is 13.0 Å². The van der Waals surface area contributed by atoms with Gasteiger partial charge in [0.05, 0.1) is 13.7 Å². The fourth-order valence-corrected chi connectivity index (χ4v) is 3.39. The molecule has 1 amide bonds. The highest BCUT2D eigenvalue weighted by molar-refractivity contribution is 5.92. The molecule has 0 bridgehead atoms. The van der Waals surface area contributed by atoms with Gasteiger partial charge in [0.15, 0.2) is 17.3 Å². The number of nitrogens with one attached hydrogen (secondary N) is 1. The van der Waals surface area contributed by atoms with E-state index in [1.807, 2.05) is 25.1 Å². The first-order valence-electron chi connectivity index (χ1n) is 9.18. The molecule has 1 fully saturated rings. The zero-order chi connectivity index (χ0) is 19.3. The Bertz CT molecular complexity index is 822. The number of carbonyl (C=O) groups excluding carboxylic acids is 1. The van der Waals surface area contributed by atoms with Crippen LogP contribution in [-0.4, -0.2) is 29.8 Å². The van der Waals surface area contributed by atoms with Crippen LogP contribution in [0.1, 0.15) is 49.9 Å². The van der Waals surface area contributed by atoms with Gasteiger partial charge in [-0.25, -0.2) is 0 Å². The third kappa shape index (κ3) is 4.30. The topological polar surface area (TPSA) is 86.5 Å². The number of hydrogen-bond acceptors (Lipinski definition) is 6. The molecule has 144 valence electrons. The van der Waals surface area contributed by atoms with Crippen LogP contribution >= 0.6 is 0 Å². The second kappa shape index (κ2) is 8.24. The van der Waals surface area contributed by atoms with Crippen LogP contribution in [0.3, 0.4) is 0 Å². The van der Waals surface area contributed by atoms with Gasteiger partial charge in [-0.15, -0.1) is 0 Å². The van der Waals surface area contributed by atoms with Crippen molar-refractivity contribution in [1.82, 2.24) is 15.5 Å². The molecule has 7 heteroatoms. The summed E-state index contributed by atoms with van der Waals surface area (Å²) in [6.45, 7) is 4.20. The van der Waals surface area contributed by atoms with Crippen LogP contribution in [0.4, 0.5) is 0 Å². The van der Waals surface area contributed by atoms with E-state index in [1.165, 1.54) is 6.08 Å². The minimum absolute atomic E-state index is 0.187. The minimum Gasteiger partial charge on any atom is -0.493 e. The molecule has 0 aliphatic heterocycles. The van der Waals surface area contributed by atoms with Gasteiger partial charge in [0.2, 0.25) is 11.8 Å². The lowest BCUT2D eigenvalue weighted by Crippen LogP contribution is -2.44. The number of ether oxygens (including phenoxy) is 2. The third-order valence-corrected chi connectivity index (χ3v) is 4.69. The van der Waals surface area contributed by atoms with Crippen molar-refractivity contribution in [2.75, 3.05) is 13.7 Å². The Morgan fingerprint density at radius 3 is 2.74 bits per heavy atom. The second-order valence-electron chi connectivity index (χ2n) is 6.59. The Balaban J connectivity index is 1.73.